The minimum Gasteiger partial charge on any atom is -0.399 e. The van der Waals surface area contributed by atoms with Gasteiger partial charge in [-0.1, -0.05) is 11.6 Å². The number of nitrogen functional groups attached to an aromatic ring is 1. The third kappa shape index (κ3) is 2.91. The Morgan fingerprint density at radius 2 is 2.06 bits per heavy atom. The van der Waals surface area contributed by atoms with Gasteiger partial charge in [-0.25, -0.2) is 9.37 Å². The van der Waals surface area contributed by atoms with Crippen molar-refractivity contribution in [1.82, 2.24) is 4.98 Å². The van der Waals surface area contributed by atoms with Crippen molar-refractivity contribution in [2.24, 2.45) is 0 Å². The van der Waals surface area contributed by atoms with Gasteiger partial charge in [-0.05, 0) is 46.6 Å². The van der Waals surface area contributed by atoms with Crippen molar-refractivity contribution in [3.05, 3.63) is 45.3 Å². The summed E-state index contributed by atoms with van der Waals surface area (Å²) in [7, 11) is 0. The average Bonchev–Trinajstić information content (AvgIpc) is 2.24. The van der Waals surface area contributed by atoms with Gasteiger partial charge in [0.15, 0.2) is 0 Å². The topological polar surface area (TPSA) is 50.9 Å². The van der Waals surface area contributed by atoms with Gasteiger partial charge < -0.3 is 11.1 Å². The third-order valence-electron chi connectivity index (χ3n) is 2.35. The number of benzene rings is 1. The highest BCUT2D eigenvalue weighted by atomic mass is 79.9. The summed E-state index contributed by atoms with van der Waals surface area (Å²) in [6.07, 6.45) is 0. The van der Waals surface area contributed by atoms with Gasteiger partial charge in [-0.15, -0.1) is 0 Å². The standard InChI is InChI=1S/C12H10BrClFN3/c1-6-2-8(13)9(15)5-10(6)17-12-4-7(16)3-11(14)18-12/h2-5H,1H3,(H3,16,17,18). The van der Waals surface area contributed by atoms with E-state index in [-0.39, 0.29) is 11.0 Å². The van der Waals surface area contributed by atoms with Crippen LogP contribution in [-0.2, 0) is 0 Å². The normalized spacial score (nSPS) is 10.4. The monoisotopic (exact) mass is 329 g/mol. The second-order valence-corrected chi connectivity index (χ2v) is 5.06. The summed E-state index contributed by atoms with van der Waals surface area (Å²) in [5, 5.41) is 3.27. The van der Waals surface area contributed by atoms with Crippen molar-refractivity contribution in [1.29, 1.82) is 0 Å². The van der Waals surface area contributed by atoms with Crippen molar-refractivity contribution < 1.29 is 4.39 Å². The minimum atomic E-state index is -0.349. The van der Waals surface area contributed by atoms with Crippen LogP contribution in [0.25, 0.3) is 0 Å². The summed E-state index contributed by atoms with van der Waals surface area (Å²) in [6, 6.07) is 6.25. The Bertz CT molecular complexity index is 584. The Morgan fingerprint density at radius 3 is 2.72 bits per heavy atom. The fourth-order valence-electron chi connectivity index (χ4n) is 1.50. The maximum atomic E-state index is 13.5. The molecule has 1 heterocycles. The quantitative estimate of drug-likeness (QED) is 0.808. The number of nitrogens with two attached hydrogens (primary N) is 1. The molecule has 0 amide bonds. The molecule has 0 radical (unpaired) electrons. The lowest BCUT2D eigenvalue weighted by Gasteiger charge is -2.10. The molecule has 1 aromatic heterocycles. The number of pyridine rings is 1. The van der Waals surface area contributed by atoms with Crippen LogP contribution in [0.5, 0.6) is 0 Å². The first kappa shape index (κ1) is 13.1. The van der Waals surface area contributed by atoms with Gasteiger partial charge >= 0.3 is 0 Å². The van der Waals surface area contributed by atoms with E-state index in [4.69, 9.17) is 17.3 Å². The number of nitrogens with one attached hydrogen (secondary N) is 1. The Morgan fingerprint density at radius 1 is 1.33 bits per heavy atom. The highest BCUT2D eigenvalue weighted by Crippen LogP contribution is 2.27. The molecule has 0 spiro atoms. The molecule has 3 N–H and O–H groups in total. The van der Waals surface area contributed by atoms with Crippen molar-refractivity contribution >= 4 is 44.7 Å². The third-order valence-corrected chi connectivity index (χ3v) is 3.15. The lowest BCUT2D eigenvalue weighted by molar-refractivity contribution is 0.621. The number of aryl methyl sites for hydroxylation is 1. The van der Waals surface area contributed by atoms with E-state index < -0.39 is 0 Å². The van der Waals surface area contributed by atoms with E-state index in [0.29, 0.717) is 21.7 Å². The molecule has 6 heteroatoms. The molecule has 0 saturated carbocycles. The second kappa shape index (κ2) is 5.12. The van der Waals surface area contributed by atoms with E-state index in [1.807, 2.05) is 6.92 Å². The number of hydrogen-bond donors (Lipinski definition) is 2. The molecule has 0 saturated heterocycles. The van der Waals surface area contributed by atoms with E-state index in [2.05, 4.69) is 26.2 Å². The fraction of sp³-hybridized carbons (Fsp3) is 0.0833. The number of rotatable bonds is 2. The van der Waals surface area contributed by atoms with Gasteiger partial charge in [0.25, 0.3) is 0 Å². The summed E-state index contributed by atoms with van der Waals surface area (Å²) in [5.74, 6) is 0.128. The SMILES string of the molecule is Cc1cc(Br)c(F)cc1Nc1cc(N)cc(Cl)n1. The fourth-order valence-corrected chi connectivity index (χ4v) is 2.17. The number of anilines is 3. The van der Waals surface area contributed by atoms with E-state index in [1.54, 1.807) is 18.2 Å². The first-order chi connectivity index (χ1) is 8.45. The minimum absolute atomic E-state index is 0.285. The van der Waals surface area contributed by atoms with Crippen molar-refractivity contribution in [3.63, 3.8) is 0 Å². The van der Waals surface area contributed by atoms with Gasteiger partial charge in [0.1, 0.15) is 16.8 Å². The first-order valence-corrected chi connectivity index (χ1v) is 6.28. The Labute approximate surface area is 117 Å². The molecule has 0 aliphatic rings. The summed E-state index contributed by atoms with van der Waals surface area (Å²) in [4.78, 5) is 4.06. The zero-order chi connectivity index (χ0) is 13.3. The summed E-state index contributed by atoms with van der Waals surface area (Å²) < 4.78 is 13.9. The number of halogens is 3. The average molecular weight is 331 g/mol. The zero-order valence-electron chi connectivity index (χ0n) is 9.47. The number of nitrogens with zero attached hydrogens (tertiary/aromatic N) is 1. The Kier molecular flexibility index (Phi) is 3.73. The van der Waals surface area contributed by atoms with E-state index in [1.165, 1.54) is 6.07 Å². The molecule has 1 aromatic carbocycles. The van der Waals surface area contributed by atoms with E-state index in [9.17, 15) is 4.39 Å². The van der Waals surface area contributed by atoms with Gasteiger partial charge in [0, 0.05) is 17.4 Å². The summed E-state index contributed by atoms with van der Waals surface area (Å²) in [6.45, 7) is 1.86. The first-order valence-electron chi connectivity index (χ1n) is 5.11. The van der Waals surface area contributed by atoms with Crippen LogP contribution in [0.2, 0.25) is 5.15 Å². The van der Waals surface area contributed by atoms with Gasteiger partial charge in [0.2, 0.25) is 0 Å². The molecule has 0 atom stereocenters. The molecule has 0 bridgehead atoms. The predicted molar refractivity (Wildman–Crippen MR) is 75.8 cm³/mol. The molecule has 94 valence electrons. The molecule has 3 nitrogen and oxygen atoms in total. The van der Waals surface area contributed by atoms with Gasteiger partial charge in [-0.2, -0.15) is 0 Å². The van der Waals surface area contributed by atoms with Crippen LogP contribution in [0.3, 0.4) is 0 Å². The Hall–Kier alpha value is -1.33. The van der Waals surface area contributed by atoms with Crippen LogP contribution >= 0.6 is 27.5 Å². The van der Waals surface area contributed by atoms with Crippen LogP contribution in [0.1, 0.15) is 5.56 Å². The van der Waals surface area contributed by atoms with Crippen LogP contribution in [-0.4, -0.2) is 4.98 Å². The van der Waals surface area contributed by atoms with Crippen LogP contribution < -0.4 is 11.1 Å². The molecule has 0 unspecified atom stereocenters. The highest BCUT2D eigenvalue weighted by molar-refractivity contribution is 9.10. The number of hydrogen-bond acceptors (Lipinski definition) is 3. The van der Waals surface area contributed by atoms with Gasteiger partial charge in [-0.3, -0.25) is 0 Å². The van der Waals surface area contributed by atoms with Crippen molar-refractivity contribution in [2.45, 2.75) is 6.92 Å². The smallest absolute Gasteiger partial charge is 0.139 e. The van der Waals surface area contributed by atoms with Crippen LogP contribution in [0.15, 0.2) is 28.7 Å². The molecular weight excluding hydrogens is 321 g/mol. The molecule has 2 rings (SSSR count). The maximum absolute atomic E-state index is 13.5. The number of aromatic nitrogens is 1. The van der Waals surface area contributed by atoms with Crippen molar-refractivity contribution in [3.8, 4) is 0 Å². The van der Waals surface area contributed by atoms with E-state index in [0.717, 1.165) is 5.56 Å². The van der Waals surface area contributed by atoms with Crippen LogP contribution in [0.4, 0.5) is 21.6 Å². The zero-order valence-corrected chi connectivity index (χ0v) is 11.8. The van der Waals surface area contributed by atoms with Gasteiger partial charge in [0.05, 0.1) is 4.47 Å². The molecular formula is C12H10BrClFN3. The van der Waals surface area contributed by atoms with Crippen molar-refractivity contribution in [2.75, 3.05) is 11.1 Å². The predicted octanol–water partition coefficient (Wildman–Crippen LogP) is 4.27. The largest absolute Gasteiger partial charge is 0.399 e. The molecule has 0 aliphatic carbocycles. The summed E-state index contributed by atoms with van der Waals surface area (Å²) >= 11 is 8.93. The lowest BCUT2D eigenvalue weighted by atomic mass is 10.2. The second-order valence-electron chi connectivity index (χ2n) is 3.81. The maximum Gasteiger partial charge on any atom is 0.139 e. The lowest BCUT2D eigenvalue weighted by Crippen LogP contribution is -1.98. The molecule has 18 heavy (non-hydrogen) atoms. The highest BCUT2D eigenvalue weighted by Gasteiger charge is 2.07. The van der Waals surface area contributed by atoms with Crippen LogP contribution in [0, 0.1) is 12.7 Å². The summed E-state index contributed by atoms with van der Waals surface area (Å²) in [5.41, 5.74) is 7.65. The Balaban J connectivity index is 2.36. The molecule has 2 aromatic rings. The molecule has 0 fully saturated rings. The molecule has 0 aliphatic heterocycles. The van der Waals surface area contributed by atoms with E-state index >= 15 is 0 Å².